The van der Waals surface area contributed by atoms with Crippen LogP contribution in [0.2, 0.25) is 0 Å². The smallest absolute Gasteiger partial charge is 0.253 e. The second-order valence-electron chi connectivity index (χ2n) is 8.29. The Labute approximate surface area is 187 Å². The molecule has 1 aromatic heterocycles. The fraction of sp³-hybridized carbons (Fsp3) is 0.375. The zero-order valence-electron chi connectivity index (χ0n) is 18.2. The number of hydrazine groups is 1. The number of rotatable bonds is 9. The van der Waals surface area contributed by atoms with E-state index in [-0.39, 0.29) is 17.8 Å². The summed E-state index contributed by atoms with van der Waals surface area (Å²) < 4.78 is 14.8. The van der Waals surface area contributed by atoms with Crippen LogP contribution < -0.4 is 10.9 Å². The summed E-state index contributed by atoms with van der Waals surface area (Å²) in [7, 11) is 1.85. The highest BCUT2D eigenvalue weighted by Crippen LogP contribution is 2.24. The maximum absolute atomic E-state index is 13.1. The van der Waals surface area contributed by atoms with Crippen LogP contribution in [0.25, 0.3) is 5.69 Å². The van der Waals surface area contributed by atoms with Crippen molar-refractivity contribution in [3.05, 3.63) is 78.1 Å². The van der Waals surface area contributed by atoms with Crippen molar-refractivity contribution in [3.8, 4) is 5.69 Å². The minimum absolute atomic E-state index is 0.0268. The van der Waals surface area contributed by atoms with Crippen LogP contribution in [-0.2, 0) is 0 Å². The maximum Gasteiger partial charge on any atom is 0.253 e. The van der Waals surface area contributed by atoms with Gasteiger partial charge in [-0.2, -0.15) is 5.10 Å². The molecule has 2 atom stereocenters. The molecule has 168 valence electrons. The quantitative estimate of drug-likeness (QED) is 0.501. The molecule has 0 saturated carbocycles. The van der Waals surface area contributed by atoms with Crippen LogP contribution >= 0.6 is 0 Å². The van der Waals surface area contributed by atoms with Gasteiger partial charge in [-0.15, -0.1) is 0 Å². The van der Waals surface area contributed by atoms with Gasteiger partial charge in [0.1, 0.15) is 18.5 Å². The van der Waals surface area contributed by atoms with Crippen molar-refractivity contribution in [3.63, 3.8) is 0 Å². The molecule has 0 bridgehead atoms. The molecule has 32 heavy (non-hydrogen) atoms. The molecule has 2 unspecified atom stereocenters. The van der Waals surface area contributed by atoms with Crippen LogP contribution in [0.3, 0.4) is 0 Å². The Hall–Kier alpha value is -3.10. The summed E-state index contributed by atoms with van der Waals surface area (Å²) in [4.78, 5) is 18.4. The first kappa shape index (κ1) is 22.1. The number of hydrogen-bond acceptors (Lipinski definition) is 5. The highest BCUT2D eigenvalue weighted by molar-refractivity contribution is 5.94. The third-order valence-corrected chi connectivity index (χ3v) is 5.94. The molecule has 0 spiro atoms. The van der Waals surface area contributed by atoms with Gasteiger partial charge in [-0.1, -0.05) is 25.0 Å². The summed E-state index contributed by atoms with van der Waals surface area (Å²) in [6.07, 6.45) is 8.33. The van der Waals surface area contributed by atoms with E-state index in [1.165, 1.54) is 18.5 Å². The topological polar surface area (TPSA) is 75.1 Å². The van der Waals surface area contributed by atoms with E-state index >= 15 is 0 Å². The van der Waals surface area contributed by atoms with E-state index in [9.17, 15) is 9.18 Å². The van der Waals surface area contributed by atoms with Crippen molar-refractivity contribution in [1.82, 2.24) is 30.5 Å². The number of aromatic nitrogens is 3. The number of carbonyl (C=O) groups is 1. The van der Waals surface area contributed by atoms with Crippen molar-refractivity contribution in [2.45, 2.75) is 44.2 Å². The van der Waals surface area contributed by atoms with Gasteiger partial charge in [0.15, 0.2) is 0 Å². The van der Waals surface area contributed by atoms with Crippen LogP contribution in [0.1, 0.15) is 54.1 Å². The van der Waals surface area contributed by atoms with Crippen LogP contribution in [0, 0.1) is 5.82 Å². The Morgan fingerprint density at radius 2 is 1.88 bits per heavy atom. The number of hydrogen-bond donors (Lipinski definition) is 2. The third-order valence-electron chi connectivity index (χ3n) is 5.94. The van der Waals surface area contributed by atoms with E-state index < -0.39 is 0 Å². The predicted octanol–water partition coefficient (Wildman–Crippen LogP) is 3.65. The normalized spacial score (nSPS) is 18.1. The molecule has 4 rings (SSSR count). The van der Waals surface area contributed by atoms with Gasteiger partial charge in [-0.25, -0.2) is 14.1 Å². The predicted molar refractivity (Wildman–Crippen MR) is 121 cm³/mol. The molecule has 3 aromatic rings. The van der Waals surface area contributed by atoms with Gasteiger partial charge >= 0.3 is 0 Å². The van der Waals surface area contributed by atoms with Crippen LogP contribution in [-0.4, -0.2) is 45.2 Å². The lowest BCUT2D eigenvalue weighted by Gasteiger charge is -2.17. The number of carbonyl (C=O) groups excluding carboxylic acids is 1. The lowest BCUT2D eigenvalue weighted by molar-refractivity contribution is 0.0792. The van der Waals surface area contributed by atoms with E-state index in [1.807, 2.05) is 43.4 Å². The number of amides is 1. The summed E-state index contributed by atoms with van der Waals surface area (Å²) in [5.74, 6) is -0.178. The Bertz CT molecular complexity index is 990. The van der Waals surface area contributed by atoms with Crippen LogP contribution in [0.5, 0.6) is 0 Å². The van der Waals surface area contributed by atoms with E-state index in [0.29, 0.717) is 11.6 Å². The molecule has 0 radical (unpaired) electrons. The Balaban J connectivity index is 1.14. The Morgan fingerprint density at radius 1 is 1.09 bits per heavy atom. The van der Waals surface area contributed by atoms with Crippen LogP contribution in [0.4, 0.5) is 4.39 Å². The van der Waals surface area contributed by atoms with Crippen molar-refractivity contribution < 1.29 is 9.18 Å². The average Bonchev–Trinajstić information content (AvgIpc) is 3.51. The fourth-order valence-corrected chi connectivity index (χ4v) is 4.06. The van der Waals surface area contributed by atoms with E-state index in [1.54, 1.807) is 15.9 Å². The van der Waals surface area contributed by atoms with Gasteiger partial charge in [-0.05, 0) is 61.2 Å². The first-order valence-electron chi connectivity index (χ1n) is 11.1. The number of halogens is 1. The molecule has 8 heteroatoms. The van der Waals surface area contributed by atoms with Crippen molar-refractivity contribution in [2.75, 3.05) is 13.6 Å². The lowest BCUT2D eigenvalue weighted by Crippen LogP contribution is -2.30. The molecule has 7 nitrogen and oxygen atoms in total. The third kappa shape index (κ3) is 5.57. The number of benzene rings is 2. The Kier molecular flexibility index (Phi) is 7.24. The molecule has 1 saturated heterocycles. The zero-order valence-corrected chi connectivity index (χ0v) is 18.2. The lowest BCUT2D eigenvalue weighted by atomic mass is 9.99. The molecule has 0 aliphatic carbocycles. The average molecular weight is 437 g/mol. The standard InChI is InChI=1S/C24H29FN6O/c1-30(24(32)19-8-12-22(13-9-19)31-17-26-16-27-31)14-4-2-3-5-21-15-23(29-28-21)18-6-10-20(25)11-7-18/h6-13,16-17,21,23,28-29H,2-5,14-15H2,1H3. The number of unbranched alkanes of at least 4 members (excludes halogenated alkanes) is 2. The minimum Gasteiger partial charge on any atom is -0.342 e. The van der Waals surface area contributed by atoms with Gasteiger partial charge in [-0.3, -0.25) is 15.6 Å². The molecule has 1 amide bonds. The molecular formula is C24H29FN6O. The second kappa shape index (κ2) is 10.5. The molecule has 1 fully saturated rings. The second-order valence-corrected chi connectivity index (χ2v) is 8.29. The SMILES string of the molecule is CN(CCCCCC1CC(c2ccc(F)cc2)NN1)C(=O)c1ccc(-n2cncn2)cc1. The highest BCUT2D eigenvalue weighted by atomic mass is 19.1. The first-order valence-corrected chi connectivity index (χ1v) is 11.1. The van der Waals surface area contributed by atoms with E-state index in [0.717, 1.165) is 49.9 Å². The molecule has 1 aliphatic rings. The first-order chi connectivity index (χ1) is 15.6. The summed E-state index contributed by atoms with van der Waals surface area (Å²) in [5.41, 5.74) is 9.32. The minimum atomic E-state index is -0.205. The fourth-order valence-electron chi connectivity index (χ4n) is 4.06. The molecule has 2 heterocycles. The maximum atomic E-state index is 13.1. The molecule has 1 aliphatic heterocycles. The van der Waals surface area contributed by atoms with Crippen molar-refractivity contribution >= 4 is 5.91 Å². The monoisotopic (exact) mass is 436 g/mol. The van der Waals surface area contributed by atoms with Gasteiger partial charge < -0.3 is 4.90 Å². The van der Waals surface area contributed by atoms with Crippen molar-refractivity contribution in [2.24, 2.45) is 0 Å². The molecule has 2 N–H and O–H groups in total. The van der Waals surface area contributed by atoms with E-state index in [2.05, 4.69) is 20.9 Å². The summed E-state index contributed by atoms with van der Waals surface area (Å²) in [6.45, 7) is 0.734. The van der Waals surface area contributed by atoms with Crippen LogP contribution in [0.15, 0.2) is 61.2 Å². The van der Waals surface area contributed by atoms with Gasteiger partial charge in [0.2, 0.25) is 0 Å². The largest absolute Gasteiger partial charge is 0.342 e. The number of nitrogens with one attached hydrogen (secondary N) is 2. The zero-order chi connectivity index (χ0) is 22.3. The molecular weight excluding hydrogens is 407 g/mol. The highest BCUT2D eigenvalue weighted by Gasteiger charge is 2.24. The van der Waals surface area contributed by atoms with Gasteiger partial charge in [0.25, 0.3) is 5.91 Å². The summed E-state index contributed by atoms with van der Waals surface area (Å²) in [5, 5.41) is 4.09. The van der Waals surface area contributed by atoms with Crippen molar-refractivity contribution in [1.29, 1.82) is 0 Å². The van der Waals surface area contributed by atoms with Gasteiger partial charge in [0.05, 0.1) is 5.69 Å². The molecule has 2 aromatic carbocycles. The Morgan fingerprint density at radius 3 is 2.59 bits per heavy atom. The number of nitrogens with zero attached hydrogens (tertiary/aromatic N) is 4. The van der Waals surface area contributed by atoms with Gasteiger partial charge in [0, 0.05) is 31.2 Å². The van der Waals surface area contributed by atoms with E-state index in [4.69, 9.17) is 0 Å². The summed E-state index contributed by atoms with van der Waals surface area (Å²) in [6, 6.07) is 14.7. The summed E-state index contributed by atoms with van der Waals surface area (Å²) >= 11 is 0.